The molecule has 6 heteroatoms. The van der Waals surface area contributed by atoms with Crippen molar-refractivity contribution in [2.75, 3.05) is 6.61 Å². The van der Waals surface area contributed by atoms with Crippen LogP contribution in [-0.2, 0) is 27.2 Å². The van der Waals surface area contributed by atoms with Crippen molar-refractivity contribution in [2.45, 2.75) is 52.5 Å². The molecule has 0 bridgehead atoms. The number of ether oxygens (including phenoxy) is 1. The van der Waals surface area contributed by atoms with Gasteiger partial charge in [0.2, 0.25) is 5.91 Å². The first-order chi connectivity index (χ1) is 12.4. The standard InChI is InChI=1S/C20H26N2O3S/c1-5-25-20(24)17(10-15-8-6-14(4)7-9-15)22-18(23)11-16-12-26-19(21-16)13(2)3/h6-9,12-13,17H,5,10-11H2,1-4H3,(H,22,23)/t17-/m1/s1. The number of aromatic nitrogens is 1. The third-order valence-electron chi connectivity index (χ3n) is 3.87. The predicted octanol–water partition coefficient (Wildman–Crippen LogP) is 3.41. The number of nitrogens with one attached hydrogen (secondary N) is 1. The largest absolute Gasteiger partial charge is 0.464 e. The smallest absolute Gasteiger partial charge is 0.328 e. The van der Waals surface area contributed by atoms with E-state index in [-0.39, 0.29) is 18.9 Å². The van der Waals surface area contributed by atoms with Crippen molar-refractivity contribution < 1.29 is 14.3 Å². The number of esters is 1. The lowest BCUT2D eigenvalue weighted by Gasteiger charge is -2.17. The van der Waals surface area contributed by atoms with Crippen LogP contribution < -0.4 is 5.32 Å². The maximum Gasteiger partial charge on any atom is 0.328 e. The zero-order valence-electron chi connectivity index (χ0n) is 15.7. The summed E-state index contributed by atoms with van der Waals surface area (Å²) >= 11 is 1.55. The van der Waals surface area contributed by atoms with E-state index in [0.29, 0.717) is 12.3 Å². The van der Waals surface area contributed by atoms with Crippen LogP contribution in [0.2, 0.25) is 0 Å². The van der Waals surface area contributed by atoms with Crippen molar-refractivity contribution in [3.05, 3.63) is 51.5 Å². The van der Waals surface area contributed by atoms with Gasteiger partial charge in [-0.2, -0.15) is 0 Å². The van der Waals surface area contributed by atoms with E-state index in [1.54, 1.807) is 18.3 Å². The minimum absolute atomic E-state index is 0.160. The Morgan fingerprint density at radius 3 is 2.50 bits per heavy atom. The highest BCUT2D eigenvalue weighted by atomic mass is 32.1. The fraction of sp³-hybridized carbons (Fsp3) is 0.450. The van der Waals surface area contributed by atoms with Crippen LogP contribution in [0.5, 0.6) is 0 Å². The molecule has 1 heterocycles. The Morgan fingerprint density at radius 2 is 1.92 bits per heavy atom. The number of carbonyl (C=O) groups is 2. The van der Waals surface area contributed by atoms with Gasteiger partial charge in [-0.1, -0.05) is 43.7 Å². The second-order valence-electron chi connectivity index (χ2n) is 6.57. The number of carbonyl (C=O) groups excluding carboxylic acids is 2. The molecule has 0 aliphatic carbocycles. The molecular formula is C20H26N2O3S. The molecule has 0 spiro atoms. The van der Waals surface area contributed by atoms with Gasteiger partial charge < -0.3 is 10.1 Å². The van der Waals surface area contributed by atoms with E-state index in [0.717, 1.165) is 21.8 Å². The van der Waals surface area contributed by atoms with Gasteiger partial charge in [0, 0.05) is 17.7 Å². The molecule has 0 radical (unpaired) electrons. The van der Waals surface area contributed by atoms with Crippen molar-refractivity contribution in [1.82, 2.24) is 10.3 Å². The number of nitrogens with zero attached hydrogens (tertiary/aromatic N) is 1. The summed E-state index contributed by atoms with van der Waals surface area (Å²) < 4.78 is 5.12. The number of aryl methyl sites for hydroxylation is 1. The van der Waals surface area contributed by atoms with Crippen LogP contribution in [0.3, 0.4) is 0 Å². The second kappa shape index (κ2) is 9.48. The minimum atomic E-state index is -0.701. The van der Waals surface area contributed by atoms with Crippen molar-refractivity contribution >= 4 is 23.2 Å². The third-order valence-corrected chi connectivity index (χ3v) is 5.07. The van der Waals surface area contributed by atoms with Gasteiger partial charge in [-0.25, -0.2) is 9.78 Å². The van der Waals surface area contributed by atoms with Crippen molar-refractivity contribution in [3.8, 4) is 0 Å². The van der Waals surface area contributed by atoms with E-state index in [1.807, 2.05) is 36.6 Å². The Kier molecular flexibility index (Phi) is 7.33. The van der Waals surface area contributed by atoms with Gasteiger partial charge >= 0.3 is 5.97 Å². The molecule has 2 aromatic rings. The van der Waals surface area contributed by atoms with Crippen molar-refractivity contribution in [2.24, 2.45) is 0 Å². The van der Waals surface area contributed by atoms with Crippen molar-refractivity contribution in [3.63, 3.8) is 0 Å². The van der Waals surface area contributed by atoms with Gasteiger partial charge in [-0.05, 0) is 19.4 Å². The second-order valence-corrected chi connectivity index (χ2v) is 7.46. The van der Waals surface area contributed by atoms with E-state index in [2.05, 4.69) is 24.1 Å². The molecule has 0 fully saturated rings. The Labute approximate surface area is 158 Å². The lowest BCUT2D eigenvalue weighted by atomic mass is 10.0. The molecule has 1 aromatic heterocycles. The molecule has 1 aromatic carbocycles. The molecule has 1 amide bonds. The van der Waals surface area contributed by atoms with Gasteiger partial charge in [-0.15, -0.1) is 11.3 Å². The van der Waals surface area contributed by atoms with Gasteiger partial charge in [0.25, 0.3) is 0 Å². The maximum atomic E-state index is 12.4. The zero-order valence-corrected chi connectivity index (χ0v) is 16.6. The molecule has 0 aliphatic rings. The first-order valence-electron chi connectivity index (χ1n) is 8.84. The molecule has 0 saturated heterocycles. The fourth-order valence-electron chi connectivity index (χ4n) is 2.47. The monoisotopic (exact) mass is 374 g/mol. The highest BCUT2D eigenvalue weighted by molar-refractivity contribution is 7.09. The number of benzene rings is 1. The Hall–Kier alpha value is -2.21. The number of amides is 1. The Bertz CT molecular complexity index is 738. The highest BCUT2D eigenvalue weighted by Crippen LogP contribution is 2.19. The molecular weight excluding hydrogens is 348 g/mol. The first kappa shape index (κ1) is 20.1. The lowest BCUT2D eigenvalue weighted by molar-refractivity contribution is -0.147. The van der Waals surface area contributed by atoms with E-state index in [9.17, 15) is 9.59 Å². The SMILES string of the molecule is CCOC(=O)[C@@H](Cc1ccc(C)cc1)NC(=O)Cc1csc(C(C)C)n1. The molecule has 140 valence electrons. The van der Waals surface area contributed by atoms with Crippen molar-refractivity contribution in [1.29, 1.82) is 0 Å². The van der Waals surface area contributed by atoms with Crippen LogP contribution in [0.4, 0.5) is 0 Å². The predicted molar refractivity (Wildman–Crippen MR) is 103 cm³/mol. The number of hydrogen-bond acceptors (Lipinski definition) is 5. The normalized spacial score (nSPS) is 12.0. The summed E-state index contributed by atoms with van der Waals surface area (Å²) in [5.41, 5.74) is 2.86. The quantitative estimate of drug-likeness (QED) is 0.719. The third kappa shape index (κ3) is 5.95. The molecule has 5 nitrogen and oxygen atoms in total. The van der Waals surface area contributed by atoms with Gasteiger partial charge in [-0.3, -0.25) is 4.79 Å². The van der Waals surface area contributed by atoms with E-state index < -0.39 is 12.0 Å². The van der Waals surface area contributed by atoms with E-state index >= 15 is 0 Å². The number of rotatable bonds is 8. The molecule has 1 atom stereocenters. The summed E-state index contributed by atoms with van der Waals surface area (Å²) in [7, 11) is 0. The van der Waals surface area contributed by atoms with Gasteiger partial charge in [0.05, 0.1) is 23.7 Å². The van der Waals surface area contributed by atoms with Crippen LogP contribution in [0.15, 0.2) is 29.6 Å². The molecule has 2 rings (SSSR count). The van der Waals surface area contributed by atoms with Crippen LogP contribution in [0, 0.1) is 6.92 Å². The summed E-state index contributed by atoms with van der Waals surface area (Å²) in [4.78, 5) is 29.1. The minimum Gasteiger partial charge on any atom is -0.464 e. The Morgan fingerprint density at radius 1 is 1.23 bits per heavy atom. The van der Waals surface area contributed by atoms with E-state index in [4.69, 9.17) is 4.74 Å². The van der Waals surface area contributed by atoms with Gasteiger partial charge in [0.15, 0.2) is 0 Å². The zero-order chi connectivity index (χ0) is 19.1. The van der Waals surface area contributed by atoms with Crippen LogP contribution >= 0.6 is 11.3 Å². The average molecular weight is 375 g/mol. The molecule has 26 heavy (non-hydrogen) atoms. The van der Waals surface area contributed by atoms with Crippen LogP contribution in [0.25, 0.3) is 0 Å². The van der Waals surface area contributed by atoms with E-state index in [1.165, 1.54) is 0 Å². The average Bonchev–Trinajstić information content (AvgIpc) is 3.05. The molecule has 1 N–H and O–H groups in total. The van der Waals surface area contributed by atoms with Crippen LogP contribution in [0.1, 0.15) is 48.5 Å². The lowest BCUT2D eigenvalue weighted by Crippen LogP contribution is -2.44. The van der Waals surface area contributed by atoms with Gasteiger partial charge in [0.1, 0.15) is 6.04 Å². The maximum absolute atomic E-state index is 12.4. The summed E-state index contributed by atoms with van der Waals surface area (Å²) in [6.07, 6.45) is 0.562. The summed E-state index contributed by atoms with van der Waals surface area (Å²) in [6, 6.07) is 7.20. The molecule has 0 saturated carbocycles. The Balaban J connectivity index is 2.03. The fourth-order valence-corrected chi connectivity index (χ4v) is 3.31. The first-order valence-corrected chi connectivity index (χ1v) is 9.72. The molecule has 0 aliphatic heterocycles. The summed E-state index contributed by atoms with van der Waals surface area (Å²) in [6.45, 7) is 8.18. The molecule has 0 unspecified atom stereocenters. The summed E-state index contributed by atoms with van der Waals surface area (Å²) in [5.74, 6) is -0.302. The number of hydrogen-bond donors (Lipinski definition) is 1. The topological polar surface area (TPSA) is 68.3 Å². The summed E-state index contributed by atoms with van der Waals surface area (Å²) in [5, 5.41) is 5.71. The number of thiazole rings is 1. The van der Waals surface area contributed by atoms with Crippen LogP contribution in [-0.4, -0.2) is 29.5 Å². The highest BCUT2D eigenvalue weighted by Gasteiger charge is 2.23.